The van der Waals surface area contributed by atoms with Gasteiger partial charge in [0.15, 0.2) is 5.65 Å². The average molecular weight is 285 g/mol. The molecule has 108 valence electrons. The molecule has 0 saturated carbocycles. The van der Waals surface area contributed by atoms with Crippen molar-refractivity contribution in [2.75, 3.05) is 0 Å². The van der Waals surface area contributed by atoms with E-state index in [0.29, 0.717) is 35.6 Å². The summed E-state index contributed by atoms with van der Waals surface area (Å²) in [5.74, 6) is 0.331. The van der Waals surface area contributed by atoms with Gasteiger partial charge in [0.25, 0.3) is 5.91 Å². The van der Waals surface area contributed by atoms with E-state index in [1.54, 1.807) is 13.1 Å². The summed E-state index contributed by atoms with van der Waals surface area (Å²) < 4.78 is 5.07. The highest BCUT2D eigenvalue weighted by Crippen LogP contribution is 2.15. The normalized spacial score (nSPS) is 11.0. The van der Waals surface area contributed by atoms with E-state index in [1.807, 2.05) is 19.1 Å². The molecule has 0 aliphatic heterocycles. The van der Waals surface area contributed by atoms with Crippen molar-refractivity contribution in [1.29, 1.82) is 0 Å². The van der Waals surface area contributed by atoms with Gasteiger partial charge in [0, 0.05) is 11.6 Å². The van der Waals surface area contributed by atoms with E-state index in [-0.39, 0.29) is 5.91 Å². The zero-order valence-electron chi connectivity index (χ0n) is 11.8. The Balaban J connectivity index is 1.78. The van der Waals surface area contributed by atoms with Gasteiger partial charge >= 0.3 is 0 Å². The highest BCUT2D eigenvalue weighted by Gasteiger charge is 2.19. The largest absolute Gasteiger partial charge is 0.361 e. The number of carbonyl (C=O) groups excluding carboxylic acids is 1. The molecule has 0 saturated heterocycles. The Morgan fingerprint density at radius 1 is 1.48 bits per heavy atom. The van der Waals surface area contributed by atoms with E-state index < -0.39 is 0 Å². The Labute approximate surface area is 120 Å². The fourth-order valence-electron chi connectivity index (χ4n) is 2.24. The molecule has 3 aromatic rings. The molecule has 0 fully saturated rings. The number of carbonyl (C=O) groups is 1. The van der Waals surface area contributed by atoms with Crippen LogP contribution in [0.25, 0.3) is 11.0 Å². The number of aromatic amines is 1. The SMILES string of the molecule is CCc1noc(C)c1C(=O)NCc1[nH]nc2ncccc12. The van der Waals surface area contributed by atoms with Crippen molar-refractivity contribution in [2.24, 2.45) is 0 Å². The summed E-state index contributed by atoms with van der Waals surface area (Å²) in [5.41, 5.74) is 2.64. The molecule has 0 aliphatic rings. The lowest BCUT2D eigenvalue weighted by Crippen LogP contribution is -2.24. The van der Waals surface area contributed by atoms with Gasteiger partial charge < -0.3 is 9.84 Å². The average Bonchev–Trinajstić information content (AvgIpc) is 3.08. The highest BCUT2D eigenvalue weighted by atomic mass is 16.5. The van der Waals surface area contributed by atoms with Crippen LogP contribution < -0.4 is 5.32 Å². The fourth-order valence-corrected chi connectivity index (χ4v) is 2.24. The highest BCUT2D eigenvalue weighted by molar-refractivity contribution is 5.96. The van der Waals surface area contributed by atoms with Crippen molar-refractivity contribution in [3.05, 3.63) is 41.0 Å². The van der Waals surface area contributed by atoms with Gasteiger partial charge in [-0.25, -0.2) is 4.98 Å². The smallest absolute Gasteiger partial charge is 0.257 e. The van der Waals surface area contributed by atoms with E-state index in [9.17, 15) is 4.79 Å². The third-order valence-electron chi connectivity index (χ3n) is 3.33. The lowest BCUT2D eigenvalue weighted by molar-refractivity contribution is 0.0948. The van der Waals surface area contributed by atoms with Gasteiger partial charge in [0.2, 0.25) is 0 Å². The molecular formula is C14H15N5O2. The quantitative estimate of drug-likeness (QED) is 0.761. The van der Waals surface area contributed by atoms with Crippen LogP contribution in [0.1, 0.15) is 34.4 Å². The summed E-state index contributed by atoms with van der Waals surface area (Å²) in [6.07, 6.45) is 2.33. The van der Waals surface area contributed by atoms with Crippen LogP contribution >= 0.6 is 0 Å². The summed E-state index contributed by atoms with van der Waals surface area (Å²) in [7, 11) is 0. The second kappa shape index (κ2) is 5.35. The Bertz CT molecular complexity index is 790. The molecule has 0 bridgehead atoms. The van der Waals surface area contributed by atoms with Gasteiger partial charge in [-0.05, 0) is 25.5 Å². The van der Waals surface area contributed by atoms with E-state index in [1.165, 1.54) is 0 Å². The number of nitrogens with one attached hydrogen (secondary N) is 2. The molecule has 0 aliphatic carbocycles. The number of amides is 1. The maximum absolute atomic E-state index is 12.3. The number of aromatic nitrogens is 4. The Hall–Kier alpha value is -2.70. The van der Waals surface area contributed by atoms with Crippen LogP contribution in [0.4, 0.5) is 0 Å². The van der Waals surface area contributed by atoms with Crippen LogP contribution in [0, 0.1) is 6.92 Å². The predicted molar refractivity (Wildman–Crippen MR) is 75.7 cm³/mol. The minimum atomic E-state index is -0.197. The van der Waals surface area contributed by atoms with Crippen molar-refractivity contribution in [3.8, 4) is 0 Å². The molecule has 7 heteroatoms. The molecule has 1 amide bonds. The van der Waals surface area contributed by atoms with Gasteiger partial charge in [-0.15, -0.1) is 0 Å². The first kappa shape index (κ1) is 13.3. The number of nitrogens with zero attached hydrogens (tertiary/aromatic N) is 3. The second-order valence-electron chi connectivity index (χ2n) is 4.67. The predicted octanol–water partition coefficient (Wildman–Crippen LogP) is 1.75. The van der Waals surface area contributed by atoms with E-state index >= 15 is 0 Å². The molecule has 0 atom stereocenters. The first-order valence-corrected chi connectivity index (χ1v) is 6.72. The molecule has 7 nitrogen and oxygen atoms in total. The standard InChI is InChI=1S/C14H15N5O2/c1-3-10-12(8(2)21-19-10)14(20)16-7-11-9-5-4-6-15-13(9)18-17-11/h4-6H,3,7H2,1-2H3,(H,16,20)(H,15,17,18). The topological polar surface area (TPSA) is 96.7 Å². The number of pyridine rings is 1. The summed E-state index contributed by atoms with van der Waals surface area (Å²) in [6.45, 7) is 4.01. The Morgan fingerprint density at radius 3 is 3.14 bits per heavy atom. The van der Waals surface area contributed by atoms with Crippen LogP contribution in [-0.2, 0) is 13.0 Å². The number of fused-ring (bicyclic) bond motifs is 1. The van der Waals surface area contributed by atoms with Gasteiger partial charge in [-0.2, -0.15) is 5.10 Å². The maximum atomic E-state index is 12.3. The summed E-state index contributed by atoms with van der Waals surface area (Å²) >= 11 is 0. The first-order valence-electron chi connectivity index (χ1n) is 6.72. The lowest BCUT2D eigenvalue weighted by atomic mass is 10.1. The van der Waals surface area contributed by atoms with Crippen molar-refractivity contribution in [3.63, 3.8) is 0 Å². The Morgan fingerprint density at radius 2 is 2.33 bits per heavy atom. The van der Waals surface area contributed by atoms with Crippen LogP contribution in [0.2, 0.25) is 0 Å². The summed E-state index contributed by atoms with van der Waals surface area (Å²) in [4.78, 5) is 16.4. The molecule has 0 aromatic carbocycles. The number of rotatable bonds is 4. The minimum Gasteiger partial charge on any atom is -0.361 e. The van der Waals surface area contributed by atoms with Crippen molar-refractivity contribution in [2.45, 2.75) is 26.8 Å². The Kier molecular flexibility index (Phi) is 3.39. The number of H-pyrrole nitrogens is 1. The number of aryl methyl sites for hydroxylation is 2. The summed E-state index contributed by atoms with van der Waals surface area (Å²) in [6, 6.07) is 3.75. The van der Waals surface area contributed by atoms with Crippen LogP contribution in [0.5, 0.6) is 0 Å². The molecule has 2 N–H and O–H groups in total. The molecule has 3 heterocycles. The van der Waals surface area contributed by atoms with Crippen molar-refractivity contribution >= 4 is 16.9 Å². The second-order valence-corrected chi connectivity index (χ2v) is 4.67. The lowest BCUT2D eigenvalue weighted by Gasteiger charge is -2.04. The van der Waals surface area contributed by atoms with Gasteiger partial charge in [-0.1, -0.05) is 12.1 Å². The number of hydrogen-bond donors (Lipinski definition) is 2. The summed E-state index contributed by atoms with van der Waals surface area (Å²) in [5, 5.41) is 14.6. The zero-order valence-corrected chi connectivity index (χ0v) is 11.8. The van der Waals surface area contributed by atoms with Gasteiger partial charge in [0.05, 0.1) is 17.9 Å². The number of hydrogen-bond acceptors (Lipinski definition) is 5. The van der Waals surface area contributed by atoms with Crippen molar-refractivity contribution in [1.82, 2.24) is 25.7 Å². The molecular weight excluding hydrogens is 270 g/mol. The van der Waals surface area contributed by atoms with Crippen LogP contribution in [0.3, 0.4) is 0 Å². The van der Waals surface area contributed by atoms with Crippen LogP contribution in [-0.4, -0.2) is 26.2 Å². The van der Waals surface area contributed by atoms with E-state index in [4.69, 9.17) is 4.52 Å². The molecule has 21 heavy (non-hydrogen) atoms. The molecule has 0 unspecified atom stereocenters. The zero-order chi connectivity index (χ0) is 14.8. The maximum Gasteiger partial charge on any atom is 0.257 e. The van der Waals surface area contributed by atoms with Gasteiger partial charge in [-0.3, -0.25) is 9.89 Å². The monoisotopic (exact) mass is 285 g/mol. The third-order valence-corrected chi connectivity index (χ3v) is 3.33. The molecule has 0 spiro atoms. The van der Waals surface area contributed by atoms with E-state index in [0.717, 1.165) is 11.1 Å². The fraction of sp³-hybridized carbons (Fsp3) is 0.286. The van der Waals surface area contributed by atoms with Gasteiger partial charge in [0.1, 0.15) is 11.3 Å². The van der Waals surface area contributed by atoms with Crippen molar-refractivity contribution < 1.29 is 9.32 Å². The minimum absolute atomic E-state index is 0.197. The van der Waals surface area contributed by atoms with E-state index in [2.05, 4.69) is 25.7 Å². The van der Waals surface area contributed by atoms with Crippen LogP contribution in [0.15, 0.2) is 22.9 Å². The first-order chi connectivity index (χ1) is 10.2. The molecule has 3 rings (SSSR count). The molecule has 3 aromatic heterocycles. The third kappa shape index (κ3) is 2.37. The molecule has 0 radical (unpaired) electrons.